The molecule has 4 rings (SSSR count). The summed E-state index contributed by atoms with van der Waals surface area (Å²) in [6, 6.07) is 10.4. The van der Waals surface area contributed by atoms with Crippen LogP contribution >= 0.6 is 0 Å². The number of carbonyl (C=O) groups is 1. The number of aromatic nitrogens is 3. The lowest BCUT2D eigenvalue weighted by atomic mass is 10.0. The molecule has 3 aromatic rings. The molecule has 26 heavy (non-hydrogen) atoms. The predicted octanol–water partition coefficient (Wildman–Crippen LogP) is 1.56. The van der Waals surface area contributed by atoms with Crippen molar-refractivity contribution in [3.8, 4) is 0 Å². The Morgan fingerprint density at radius 3 is 2.54 bits per heavy atom. The third-order valence-corrected chi connectivity index (χ3v) is 4.73. The Hall–Kier alpha value is -3.22. The molecule has 0 bridgehead atoms. The summed E-state index contributed by atoms with van der Waals surface area (Å²) in [7, 11) is 0. The molecule has 0 saturated carbocycles. The molecule has 1 aromatic carbocycles. The van der Waals surface area contributed by atoms with Crippen LogP contribution in [0.3, 0.4) is 0 Å². The van der Waals surface area contributed by atoms with E-state index in [-0.39, 0.29) is 0 Å². The lowest BCUT2D eigenvalue weighted by Crippen LogP contribution is -2.48. The fourth-order valence-corrected chi connectivity index (χ4v) is 3.39. The summed E-state index contributed by atoms with van der Waals surface area (Å²) in [5, 5.41) is 0.904. The van der Waals surface area contributed by atoms with Gasteiger partial charge in [-0.3, -0.25) is 4.79 Å². The highest BCUT2D eigenvalue weighted by atomic mass is 16.1. The quantitative estimate of drug-likeness (QED) is 0.773. The van der Waals surface area contributed by atoms with E-state index < -0.39 is 5.91 Å². The van der Waals surface area contributed by atoms with Crippen molar-refractivity contribution in [1.82, 2.24) is 15.0 Å². The van der Waals surface area contributed by atoms with Gasteiger partial charge in [0.05, 0.1) is 11.1 Å². The van der Waals surface area contributed by atoms with Crippen LogP contribution in [0.15, 0.2) is 36.7 Å². The topological polar surface area (TPSA) is 88.2 Å². The molecule has 1 amide bonds. The van der Waals surface area contributed by atoms with Gasteiger partial charge in [0, 0.05) is 44.0 Å². The third kappa shape index (κ3) is 2.81. The van der Waals surface area contributed by atoms with Crippen LogP contribution in [0.4, 0.5) is 11.8 Å². The molecular formula is C19H19N6O. The zero-order valence-electron chi connectivity index (χ0n) is 14.5. The van der Waals surface area contributed by atoms with E-state index in [1.165, 1.54) is 0 Å². The molecule has 1 radical (unpaired) electrons. The van der Waals surface area contributed by atoms with E-state index in [2.05, 4.69) is 25.8 Å². The first kappa shape index (κ1) is 16.3. The number of rotatable bonds is 3. The lowest BCUT2D eigenvalue weighted by Gasteiger charge is -2.36. The Kier molecular flexibility index (Phi) is 4.12. The summed E-state index contributed by atoms with van der Waals surface area (Å²) >= 11 is 0. The van der Waals surface area contributed by atoms with Gasteiger partial charge in [0.15, 0.2) is 0 Å². The number of aryl methyl sites for hydroxylation is 1. The number of piperazine rings is 1. The molecule has 0 unspecified atom stereocenters. The van der Waals surface area contributed by atoms with Gasteiger partial charge in [-0.15, -0.1) is 0 Å². The van der Waals surface area contributed by atoms with Crippen molar-refractivity contribution in [1.29, 1.82) is 0 Å². The third-order valence-electron chi connectivity index (χ3n) is 4.73. The molecule has 2 aromatic heterocycles. The Morgan fingerprint density at radius 1 is 1.15 bits per heavy atom. The minimum atomic E-state index is -0.454. The number of amides is 1. The van der Waals surface area contributed by atoms with Gasteiger partial charge in [0.25, 0.3) is 5.91 Å². The van der Waals surface area contributed by atoms with Crippen LogP contribution in [-0.4, -0.2) is 47.0 Å². The van der Waals surface area contributed by atoms with E-state index in [0.29, 0.717) is 11.4 Å². The summed E-state index contributed by atoms with van der Waals surface area (Å²) in [5.41, 5.74) is 7.87. The molecule has 7 heteroatoms. The highest BCUT2D eigenvalue weighted by Gasteiger charge is 2.25. The fraction of sp³-hybridized carbons (Fsp3) is 0.263. The molecule has 1 saturated heterocycles. The molecule has 131 valence electrons. The summed E-state index contributed by atoms with van der Waals surface area (Å²) in [6.07, 6.45) is 3.48. The maximum absolute atomic E-state index is 12.1. The van der Waals surface area contributed by atoms with Crippen LogP contribution in [0, 0.1) is 13.0 Å². The van der Waals surface area contributed by atoms with Gasteiger partial charge in [0.2, 0.25) is 5.95 Å². The molecule has 0 spiro atoms. The Labute approximate surface area is 151 Å². The fourth-order valence-electron chi connectivity index (χ4n) is 3.39. The van der Waals surface area contributed by atoms with Crippen molar-refractivity contribution < 1.29 is 4.79 Å². The van der Waals surface area contributed by atoms with E-state index in [4.69, 9.17) is 10.7 Å². The molecular weight excluding hydrogens is 328 g/mol. The van der Waals surface area contributed by atoms with Crippen molar-refractivity contribution in [2.45, 2.75) is 6.92 Å². The van der Waals surface area contributed by atoms with Crippen LogP contribution in [0.2, 0.25) is 0 Å². The van der Waals surface area contributed by atoms with Gasteiger partial charge in [-0.05, 0) is 36.8 Å². The van der Waals surface area contributed by atoms with Gasteiger partial charge in [-0.25, -0.2) is 15.0 Å². The maximum Gasteiger partial charge on any atom is 0.252 e. The number of fused-ring (bicyclic) bond motifs is 1. The van der Waals surface area contributed by atoms with Gasteiger partial charge < -0.3 is 15.5 Å². The molecule has 2 N–H and O–H groups in total. The smallest absolute Gasteiger partial charge is 0.252 e. The number of benzene rings is 1. The summed E-state index contributed by atoms with van der Waals surface area (Å²) in [5.74, 6) is 0.923. The molecule has 7 nitrogen and oxygen atoms in total. The summed E-state index contributed by atoms with van der Waals surface area (Å²) in [4.78, 5) is 29.7. The van der Waals surface area contributed by atoms with Crippen molar-refractivity contribution >= 4 is 28.6 Å². The standard InChI is InChI=1S/C19H19N6O/c1-13-14-5-2-3-6-15(14)23-18(16(13)17(20)26)24-9-11-25(12-10-24)19-21-7-4-8-22-19/h3-8H,9-12H2,1H3,(H2,20,26). The lowest BCUT2D eigenvalue weighted by molar-refractivity contribution is 0.1000. The van der Waals surface area contributed by atoms with E-state index >= 15 is 0 Å². The number of nitrogens with zero attached hydrogens (tertiary/aromatic N) is 5. The van der Waals surface area contributed by atoms with Crippen LogP contribution in [-0.2, 0) is 0 Å². The minimum Gasteiger partial charge on any atom is -0.365 e. The van der Waals surface area contributed by atoms with E-state index in [0.717, 1.165) is 48.6 Å². The Balaban J connectivity index is 1.67. The number of primary amides is 1. The second-order valence-corrected chi connectivity index (χ2v) is 6.27. The van der Waals surface area contributed by atoms with E-state index in [1.807, 2.05) is 25.1 Å². The molecule has 1 aliphatic heterocycles. The number of hydrogen-bond acceptors (Lipinski definition) is 6. The zero-order chi connectivity index (χ0) is 18.1. The van der Waals surface area contributed by atoms with Crippen LogP contribution in [0.5, 0.6) is 0 Å². The first-order valence-corrected chi connectivity index (χ1v) is 8.52. The number of carbonyl (C=O) groups excluding carboxylic acids is 1. The maximum atomic E-state index is 12.1. The van der Waals surface area contributed by atoms with Gasteiger partial charge >= 0.3 is 0 Å². The second kappa shape index (κ2) is 6.59. The Morgan fingerprint density at radius 2 is 1.85 bits per heavy atom. The SMILES string of the molecule is Cc1c(C(N)=O)c(N2CCN(c3ncccn3)CC2)nc2cc[c]cc12. The van der Waals surface area contributed by atoms with Crippen LogP contribution in [0.25, 0.3) is 10.9 Å². The largest absolute Gasteiger partial charge is 0.365 e. The first-order valence-electron chi connectivity index (χ1n) is 8.52. The number of hydrogen-bond donors (Lipinski definition) is 1. The molecule has 0 aliphatic carbocycles. The predicted molar refractivity (Wildman–Crippen MR) is 100 cm³/mol. The highest BCUT2D eigenvalue weighted by Crippen LogP contribution is 2.29. The van der Waals surface area contributed by atoms with E-state index in [1.54, 1.807) is 18.5 Å². The van der Waals surface area contributed by atoms with E-state index in [9.17, 15) is 4.79 Å². The average molecular weight is 347 g/mol. The first-order chi connectivity index (χ1) is 12.6. The summed E-state index contributed by atoms with van der Waals surface area (Å²) < 4.78 is 0. The van der Waals surface area contributed by atoms with Gasteiger partial charge in [-0.1, -0.05) is 6.07 Å². The number of pyridine rings is 1. The number of anilines is 2. The van der Waals surface area contributed by atoms with Crippen molar-refractivity contribution in [2.75, 3.05) is 36.0 Å². The zero-order valence-corrected chi connectivity index (χ0v) is 14.5. The normalized spacial score (nSPS) is 14.7. The van der Waals surface area contributed by atoms with Gasteiger partial charge in [-0.2, -0.15) is 0 Å². The number of nitrogens with two attached hydrogens (primary N) is 1. The Bertz CT molecular complexity index is 951. The molecule has 3 heterocycles. The van der Waals surface area contributed by atoms with Crippen LogP contribution in [0.1, 0.15) is 15.9 Å². The average Bonchev–Trinajstić information content (AvgIpc) is 2.68. The monoisotopic (exact) mass is 347 g/mol. The highest BCUT2D eigenvalue weighted by molar-refractivity contribution is 6.04. The molecule has 1 fully saturated rings. The van der Waals surface area contributed by atoms with Crippen molar-refractivity contribution in [3.05, 3.63) is 53.9 Å². The van der Waals surface area contributed by atoms with Crippen molar-refractivity contribution in [2.24, 2.45) is 5.73 Å². The van der Waals surface area contributed by atoms with Crippen LogP contribution < -0.4 is 15.5 Å². The minimum absolute atomic E-state index is 0.454. The summed E-state index contributed by atoms with van der Waals surface area (Å²) in [6.45, 7) is 4.85. The molecule has 1 aliphatic rings. The second-order valence-electron chi connectivity index (χ2n) is 6.27. The molecule has 0 atom stereocenters. The van der Waals surface area contributed by atoms with Crippen molar-refractivity contribution in [3.63, 3.8) is 0 Å². The van der Waals surface area contributed by atoms with Gasteiger partial charge in [0.1, 0.15) is 5.82 Å².